The van der Waals surface area contributed by atoms with Gasteiger partial charge in [0.2, 0.25) is 0 Å². The Morgan fingerprint density at radius 2 is 1.94 bits per heavy atom. The van der Waals surface area contributed by atoms with Gasteiger partial charge in [0.1, 0.15) is 11.3 Å². The van der Waals surface area contributed by atoms with Crippen LogP contribution in [0.1, 0.15) is 26.2 Å². The van der Waals surface area contributed by atoms with Crippen LogP contribution in [-0.4, -0.2) is 49.5 Å². The molecule has 4 aromatic rings. The monoisotopic (exact) mass is 432 g/mol. The van der Waals surface area contributed by atoms with Gasteiger partial charge in [-0.25, -0.2) is 14.4 Å². The van der Waals surface area contributed by atoms with E-state index in [2.05, 4.69) is 27.2 Å². The molecule has 32 heavy (non-hydrogen) atoms. The standard InChI is InChI=1S/C24H25FN6O/c1-24(8-9-24)28-15-7-10-31(13-15)20-6-5-18-19(27-20)4-3-17(26-18)16-11-14-12-30(2)29-22(14)21(25)23(16)32/h3-6,11-12,15,28,32H,7-10,13H2,1-2H3/t15-/m0/s1. The van der Waals surface area contributed by atoms with Crippen molar-refractivity contribution in [1.29, 1.82) is 0 Å². The normalized spacial score (nSPS) is 19.8. The SMILES string of the molecule is Cn1cc2cc(-c3ccc4nc(N5CC[C@H](NC6(C)CC6)C5)ccc4n3)c(O)c(F)c2n1. The van der Waals surface area contributed by atoms with E-state index in [0.717, 1.165) is 30.8 Å². The fraction of sp³-hybridized carbons (Fsp3) is 0.375. The highest BCUT2D eigenvalue weighted by atomic mass is 19.1. The summed E-state index contributed by atoms with van der Waals surface area (Å²) in [6.45, 7) is 4.23. The van der Waals surface area contributed by atoms with Gasteiger partial charge < -0.3 is 15.3 Å². The molecule has 7 nitrogen and oxygen atoms in total. The molecule has 1 aromatic carbocycles. The third-order valence-electron chi connectivity index (χ3n) is 6.70. The second kappa shape index (κ2) is 6.87. The molecule has 6 rings (SSSR count). The number of hydrogen-bond acceptors (Lipinski definition) is 6. The van der Waals surface area contributed by atoms with Gasteiger partial charge in [0.05, 0.1) is 16.7 Å². The molecule has 1 aliphatic heterocycles. The van der Waals surface area contributed by atoms with Crippen LogP contribution >= 0.6 is 0 Å². The van der Waals surface area contributed by atoms with Crippen LogP contribution in [0.4, 0.5) is 10.2 Å². The van der Waals surface area contributed by atoms with Crippen LogP contribution in [0.3, 0.4) is 0 Å². The van der Waals surface area contributed by atoms with Gasteiger partial charge in [-0.05, 0) is 56.5 Å². The topological polar surface area (TPSA) is 79.1 Å². The lowest BCUT2D eigenvalue weighted by Crippen LogP contribution is -2.40. The highest BCUT2D eigenvalue weighted by molar-refractivity contribution is 5.89. The Hall–Kier alpha value is -3.26. The molecule has 0 radical (unpaired) electrons. The molecule has 164 valence electrons. The third kappa shape index (κ3) is 3.26. The van der Waals surface area contributed by atoms with E-state index in [1.165, 1.54) is 17.5 Å². The summed E-state index contributed by atoms with van der Waals surface area (Å²) in [7, 11) is 1.72. The third-order valence-corrected chi connectivity index (χ3v) is 6.70. The number of hydrogen-bond donors (Lipinski definition) is 2. The Kier molecular flexibility index (Phi) is 4.17. The smallest absolute Gasteiger partial charge is 0.193 e. The van der Waals surface area contributed by atoms with E-state index in [9.17, 15) is 9.50 Å². The molecule has 0 unspecified atom stereocenters. The van der Waals surface area contributed by atoms with Gasteiger partial charge in [-0.3, -0.25) is 4.68 Å². The number of aryl methyl sites for hydroxylation is 1. The van der Waals surface area contributed by atoms with Crippen LogP contribution < -0.4 is 10.2 Å². The summed E-state index contributed by atoms with van der Waals surface area (Å²) in [5, 5.41) is 18.9. The molecule has 8 heteroatoms. The molecule has 0 spiro atoms. The highest BCUT2D eigenvalue weighted by Crippen LogP contribution is 2.37. The molecule has 1 saturated carbocycles. The molecule has 1 atom stereocenters. The Balaban J connectivity index is 1.30. The average Bonchev–Trinajstić information content (AvgIpc) is 3.16. The minimum Gasteiger partial charge on any atom is -0.504 e. The Bertz CT molecular complexity index is 1360. The molecule has 2 aliphatic rings. The molecule has 4 heterocycles. The van der Waals surface area contributed by atoms with E-state index in [1.54, 1.807) is 25.4 Å². The van der Waals surface area contributed by atoms with Gasteiger partial charge in [0.25, 0.3) is 0 Å². The number of aromatic nitrogens is 4. The van der Waals surface area contributed by atoms with Gasteiger partial charge >= 0.3 is 0 Å². The summed E-state index contributed by atoms with van der Waals surface area (Å²) in [4.78, 5) is 11.8. The van der Waals surface area contributed by atoms with Crippen molar-refractivity contribution in [2.45, 2.75) is 37.8 Å². The summed E-state index contributed by atoms with van der Waals surface area (Å²) in [6.07, 6.45) is 5.37. The van der Waals surface area contributed by atoms with Crippen LogP contribution in [0, 0.1) is 5.82 Å². The van der Waals surface area contributed by atoms with Gasteiger partial charge in [0, 0.05) is 48.9 Å². The Labute approximate surface area is 184 Å². The van der Waals surface area contributed by atoms with Crippen LogP contribution in [0.25, 0.3) is 33.2 Å². The summed E-state index contributed by atoms with van der Waals surface area (Å²) in [6, 6.07) is 9.81. The minimum atomic E-state index is -0.731. The van der Waals surface area contributed by atoms with E-state index in [1.807, 2.05) is 18.2 Å². The van der Waals surface area contributed by atoms with Crippen molar-refractivity contribution in [2.75, 3.05) is 18.0 Å². The van der Waals surface area contributed by atoms with E-state index in [0.29, 0.717) is 33.7 Å². The Morgan fingerprint density at radius 3 is 2.75 bits per heavy atom. The number of nitrogens with one attached hydrogen (secondary N) is 1. The first-order valence-corrected chi connectivity index (χ1v) is 11.0. The van der Waals surface area contributed by atoms with Crippen LogP contribution in [0.15, 0.2) is 36.5 Å². The molecule has 0 bridgehead atoms. The van der Waals surface area contributed by atoms with E-state index >= 15 is 0 Å². The summed E-state index contributed by atoms with van der Waals surface area (Å²) in [5.74, 6) is -0.221. The van der Waals surface area contributed by atoms with E-state index in [4.69, 9.17) is 4.98 Å². The molecule has 0 amide bonds. The number of halogens is 1. The number of pyridine rings is 2. The number of nitrogens with zero attached hydrogens (tertiary/aromatic N) is 5. The molecular formula is C24H25FN6O. The summed E-state index contributed by atoms with van der Waals surface area (Å²) < 4.78 is 16.2. The first-order chi connectivity index (χ1) is 15.4. The first-order valence-electron chi connectivity index (χ1n) is 11.0. The molecule has 1 aliphatic carbocycles. The van der Waals surface area contributed by atoms with Gasteiger partial charge in [-0.1, -0.05) is 0 Å². The number of fused-ring (bicyclic) bond motifs is 2. The molecule has 2 fully saturated rings. The number of rotatable bonds is 4. The maximum absolute atomic E-state index is 14.7. The number of aromatic hydroxyl groups is 1. The summed E-state index contributed by atoms with van der Waals surface area (Å²) >= 11 is 0. The van der Waals surface area contributed by atoms with Crippen LogP contribution in [-0.2, 0) is 7.05 Å². The second-order valence-electron chi connectivity index (χ2n) is 9.37. The van der Waals surface area contributed by atoms with Crippen molar-refractivity contribution < 1.29 is 9.50 Å². The fourth-order valence-electron chi connectivity index (χ4n) is 4.67. The zero-order chi connectivity index (χ0) is 22.0. The maximum atomic E-state index is 14.7. The van der Waals surface area contributed by atoms with Crippen molar-refractivity contribution in [3.63, 3.8) is 0 Å². The van der Waals surface area contributed by atoms with E-state index < -0.39 is 11.6 Å². The summed E-state index contributed by atoms with van der Waals surface area (Å²) in [5.41, 5.74) is 2.81. The lowest BCUT2D eigenvalue weighted by atomic mass is 10.1. The Morgan fingerprint density at radius 1 is 1.16 bits per heavy atom. The predicted molar refractivity (Wildman–Crippen MR) is 122 cm³/mol. The number of benzene rings is 1. The molecule has 3 aromatic heterocycles. The van der Waals surface area contributed by atoms with Gasteiger partial charge in [0.15, 0.2) is 11.6 Å². The van der Waals surface area contributed by atoms with Gasteiger partial charge in [-0.2, -0.15) is 5.10 Å². The zero-order valence-electron chi connectivity index (χ0n) is 18.1. The van der Waals surface area contributed by atoms with Crippen LogP contribution in [0.2, 0.25) is 0 Å². The number of phenolic OH excluding ortho intramolecular Hbond substituents is 1. The quantitative estimate of drug-likeness (QED) is 0.511. The zero-order valence-corrected chi connectivity index (χ0v) is 18.1. The minimum absolute atomic E-state index is 0.148. The van der Waals surface area contributed by atoms with Crippen molar-refractivity contribution in [3.8, 4) is 17.0 Å². The average molecular weight is 433 g/mol. The second-order valence-corrected chi connectivity index (χ2v) is 9.37. The fourth-order valence-corrected chi connectivity index (χ4v) is 4.67. The van der Waals surface area contributed by atoms with Crippen molar-refractivity contribution >= 4 is 27.8 Å². The van der Waals surface area contributed by atoms with Gasteiger partial charge in [-0.15, -0.1) is 0 Å². The molecular weight excluding hydrogens is 407 g/mol. The van der Waals surface area contributed by atoms with Crippen molar-refractivity contribution in [1.82, 2.24) is 25.1 Å². The molecule has 1 saturated heterocycles. The maximum Gasteiger partial charge on any atom is 0.193 e. The lowest BCUT2D eigenvalue weighted by molar-refractivity contribution is 0.437. The van der Waals surface area contributed by atoms with Crippen molar-refractivity contribution in [2.24, 2.45) is 7.05 Å². The number of phenols is 1. The van der Waals surface area contributed by atoms with E-state index in [-0.39, 0.29) is 5.52 Å². The predicted octanol–water partition coefficient (Wildman–Crippen LogP) is 3.75. The highest BCUT2D eigenvalue weighted by Gasteiger charge is 2.40. The lowest BCUT2D eigenvalue weighted by Gasteiger charge is -2.20. The number of anilines is 1. The van der Waals surface area contributed by atoms with Crippen molar-refractivity contribution in [3.05, 3.63) is 42.3 Å². The van der Waals surface area contributed by atoms with Crippen LogP contribution in [0.5, 0.6) is 5.75 Å². The largest absolute Gasteiger partial charge is 0.504 e. The molecule has 2 N–H and O–H groups in total. The first kappa shape index (κ1) is 19.4.